The third kappa shape index (κ3) is 2.24. The van der Waals surface area contributed by atoms with Crippen LogP contribution in [0.4, 0.5) is 4.39 Å². The van der Waals surface area contributed by atoms with Gasteiger partial charge < -0.3 is 14.8 Å². The maximum absolute atomic E-state index is 14.0. The summed E-state index contributed by atoms with van der Waals surface area (Å²) >= 11 is 0. The number of fused-ring (bicyclic) bond motifs is 1. The first kappa shape index (κ1) is 14.2. The molecule has 0 saturated heterocycles. The lowest BCUT2D eigenvalue weighted by Gasteiger charge is -2.22. The summed E-state index contributed by atoms with van der Waals surface area (Å²) in [5, 5.41) is 18.4. The monoisotopic (exact) mass is 304 g/mol. The Labute approximate surface area is 124 Å². The topological polar surface area (TPSA) is 92.4 Å². The van der Waals surface area contributed by atoms with Crippen molar-refractivity contribution in [2.45, 2.75) is 19.4 Å². The number of benzene rings is 1. The zero-order chi connectivity index (χ0) is 15.9. The van der Waals surface area contributed by atoms with Gasteiger partial charge in [-0.25, -0.2) is 14.2 Å². The number of aromatic carboxylic acids is 1. The first-order valence-corrected chi connectivity index (χ1v) is 6.79. The van der Waals surface area contributed by atoms with Crippen LogP contribution in [0, 0.1) is 11.7 Å². The van der Waals surface area contributed by atoms with Gasteiger partial charge >= 0.3 is 11.9 Å². The van der Waals surface area contributed by atoms with Gasteiger partial charge in [-0.05, 0) is 18.6 Å². The number of aliphatic carboxylic acids is 1. The van der Waals surface area contributed by atoms with E-state index in [0.29, 0.717) is 18.7 Å². The number of aromatic nitrogens is 2. The van der Waals surface area contributed by atoms with E-state index in [1.807, 2.05) is 0 Å². The maximum Gasteiger partial charge on any atom is 0.356 e. The number of imidazole rings is 1. The molecule has 7 heteroatoms. The van der Waals surface area contributed by atoms with E-state index in [9.17, 15) is 19.1 Å². The van der Waals surface area contributed by atoms with E-state index < -0.39 is 23.7 Å². The molecule has 0 radical (unpaired) electrons. The minimum atomic E-state index is -1.24. The summed E-state index contributed by atoms with van der Waals surface area (Å²) in [6.45, 7) is 0.302. The molecule has 1 aliphatic rings. The average Bonchev–Trinajstić information content (AvgIpc) is 2.86. The van der Waals surface area contributed by atoms with Crippen LogP contribution in [0.2, 0.25) is 0 Å². The molecule has 1 aromatic carbocycles. The summed E-state index contributed by atoms with van der Waals surface area (Å²) in [5.74, 6) is -3.11. The second kappa shape index (κ2) is 5.25. The van der Waals surface area contributed by atoms with Crippen LogP contribution in [0.15, 0.2) is 24.3 Å². The fourth-order valence-corrected chi connectivity index (χ4v) is 2.78. The second-order valence-corrected chi connectivity index (χ2v) is 5.20. The number of rotatable bonds is 3. The van der Waals surface area contributed by atoms with Gasteiger partial charge in [-0.15, -0.1) is 0 Å². The smallest absolute Gasteiger partial charge is 0.356 e. The number of halogens is 1. The predicted octanol–water partition coefficient (Wildman–Crippen LogP) is 2.03. The molecule has 0 bridgehead atoms. The molecule has 22 heavy (non-hydrogen) atoms. The average molecular weight is 304 g/mol. The van der Waals surface area contributed by atoms with Crippen LogP contribution in [0.1, 0.15) is 22.6 Å². The van der Waals surface area contributed by atoms with Gasteiger partial charge in [-0.2, -0.15) is 0 Å². The largest absolute Gasteiger partial charge is 0.481 e. The van der Waals surface area contributed by atoms with Crippen molar-refractivity contribution in [1.29, 1.82) is 0 Å². The Bertz CT molecular complexity index is 769. The number of carboxylic acids is 2. The molecule has 3 rings (SSSR count). The van der Waals surface area contributed by atoms with Crippen LogP contribution in [0.3, 0.4) is 0 Å². The summed E-state index contributed by atoms with van der Waals surface area (Å²) in [5.41, 5.74) is 0.346. The Morgan fingerprint density at radius 1 is 1.27 bits per heavy atom. The van der Waals surface area contributed by atoms with E-state index >= 15 is 0 Å². The highest BCUT2D eigenvalue weighted by Crippen LogP contribution is 2.31. The Balaban J connectivity index is 2.15. The molecule has 0 amide bonds. The van der Waals surface area contributed by atoms with Gasteiger partial charge in [0.1, 0.15) is 11.6 Å². The zero-order valence-electron chi connectivity index (χ0n) is 11.5. The van der Waals surface area contributed by atoms with Crippen molar-refractivity contribution < 1.29 is 24.2 Å². The standard InChI is InChI=1S/C15H13FN2O4/c16-10-4-2-1-3-9(10)13-17-12(15(21)22)11-7-8(14(19)20)5-6-18(11)13/h1-4,8H,5-7H2,(H,19,20)(H,21,22). The van der Waals surface area contributed by atoms with Crippen LogP contribution in [-0.4, -0.2) is 31.7 Å². The van der Waals surface area contributed by atoms with Crippen molar-refractivity contribution in [3.8, 4) is 11.4 Å². The zero-order valence-corrected chi connectivity index (χ0v) is 11.5. The van der Waals surface area contributed by atoms with Gasteiger partial charge in [-0.1, -0.05) is 12.1 Å². The van der Waals surface area contributed by atoms with Crippen molar-refractivity contribution in [3.05, 3.63) is 41.5 Å². The molecule has 1 aliphatic heterocycles. The Morgan fingerprint density at radius 2 is 2.00 bits per heavy atom. The Hall–Kier alpha value is -2.70. The van der Waals surface area contributed by atoms with Crippen molar-refractivity contribution in [1.82, 2.24) is 9.55 Å². The lowest BCUT2D eigenvalue weighted by molar-refractivity contribution is -0.142. The minimum absolute atomic E-state index is 0.0818. The van der Waals surface area contributed by atoms with Gasteiger partial charge in [0, 0.05) is 13.0 Å². The molecule has 6 nitrogen and oxygen atoms in total. The molecule has 2 aromatic rings. The molecule has 0 spiro atoms. The molecular formula is C15H13FN2O4. The molecule has 2 N–H and O–H groups in total. The van der Waals surface area contributed by atoms with Crippen LogP contribution < -0.4 is 0 Å². The highest BCUT2D eigenvalue weighted by molar-refractivity contribution is 5.88. The summed E-state index contributed by atoms with van der Waals surface area (Å²) in [6.07, 6.45) is 0.442. The lowest BCUT2D eigenvalue weighted by atomic mass is 9.95. The normalized spacial score (nSPS) is 17.0. The fourth-order valence-electron chi connectivity index (χ4n) is 2.78. The predicted molar refractivity (Wildman–Crippen MR) is 74.0 cm³/mol. The lowest BCUT2D eigenvalue weighted by Crippen LogP contribution is -2.26. The van der Waals surface area contributed by atoms with E-state index in [2.05, 4.69) is 4.98 Å². The molecule has 1 aromatic heterocycles. The Kier molecular flexibility index (Phi) is 3.40. The first-order valence-electron chi connectivity index (χ1n) is 6.79. The summed E-state index contributed by atoms with van der Waals surface area (Å²) < 4.78 is 15.6. The molecule has 0 fully saturated rings. The molecule has 0 saturated carbocycles. The minimum Gasteiger partial charge on any atom is -0.481 e. The van der Waals surface area contributed by atoms with Crippen molar-refractivity contribution in [3.63, 3.8) is 0 Å². The molecule has 0 aliphatic carbocycles. The van der Waals surface area contributed by atoms with Crippen molar-refractivity contribution in [2.24, 2.45) is 5.92 Å². The van der Waals surface area contributed by atoms with Crippen LogP contribution >= 0.6 is 0 Å². The number of hydrogen-bond acceptors (Lipinski definition) is 3. The molecule has 114 valence electrons. The third-order valence-corrected chi connectivity index (χ3v) is 3.88. The van der Waals surface area contributed by atoms with Crippen molar-refractivity contribution >= 4 is 11.9 Å². The molecular weight excluding hydrogens is 291 g/mol. The van der Waals surface area contributed by atoms with Crippen LogP contribution in [0.25, 0.3) is 11.4 Å². The Morgan fingerprint density at radius 3 is 2.64 bits per heavy atom. The summed E-state index contributed by atoms with van der Waals surface area (Å²) in [4.78, 5) is 26.5. The molecule has 1 atom stereocenters. The highest BCUT2D eigenvalue weighted by Gasteiger charge is 2.32. The molecule has 1 unspecified atom stereocenters. The van der Waals surface area contributed by atoms with E-state index in [0.717, 1.165) is 0 Å². The van der Waals surface area contributed by atoms with Gasteiger partial charge in [-0.3, -0.25) is 4.79 Å². The fraction of sp³-hybridized carbons (Fsp3) is 0.267. The van der Waals surface area contributed by atoms with Crippen LogP contribution in [-0.2, 0) is 17.8 Å². The van der Waals surface area contributed by atoms with Crippen molar-refractivity contribution in [2.75, 3.05) is 0 Å². The van der Waals surface area contributed by atoms with E-state index in [1.54, 1.807) is 10.6 Å². The van der Waals surface area contributed by atoms with E-state index in [1.165, 1.54) is 18.2 Å². The van der Waals surface area contributed by atoms with Gasteiger partial charge in [0.2, 0.25) is 0 Å². The summed E-state index contributed by atoms with van der Waals surface area (Å²) in [7, 11) is 0. The van der Waals surface area contributed by atoms with Gasteiger partial charge in [0.05, 0.1) is 17.2 Å². The van der Waals surface area contributed by atoms with Crippen LogP contribution in [0.5, 0.6) is 0 Å². The number of hydrogen-bond donors (Lipinski definition) is 2. The van der Waals surface area contributed by atoms with Gasteiger partial charge in [0.25, 0.3) is 0 Å². The molecule has 2 heterocycles. The van der Waals surface area contributed by atoms with E-state index in [-0.39, 0.29) is 23.5 Å². The maximum atomic E-state index is 14.0. The first-order chi connectivity index (χ1) is 10.5. The number of carbonyl (C=O) groups is 2. The second-order valence-electron chi connectivity index (χ2n) is 5.20. The van der Waals surface area contributed by atoms with E-state index in [4.69, 9.17) is 5.11 Å². The van der Waals surface area contributed by atoms with Gasteiger partial charge in [0.15, 0.2) is 5.69 Å². The number of carboxylic acid groups (broad SMARTS) is 2. The third-order valence-electron chi connectivity index (χ3n) is 3.88. The SMILES string of the molecule is O=C(O)c1nc(-c2ccccc2F)n2c1CC(C(=O)O)CC2. The summed E-state index contributed by atoms with van der Waals surface area (Å²) in [6, 6.07) is 5.99. The highest BCUT2D eigenvalue weighted by atomic mass is 19.1. The quantitative estimate of drug-likeness (QED) is 0.905. The number of nitrogens with zero attached hydrogens (tertiary/aromatic N) is 2.